The molecule has 0 bridgehead atoms. The van der Waals surface area contributed by atoms with Gasteiger partial charge in [-0.2, -0.15) is 5.10 Å². The number of aromatic nitrogens is 2. The van der Waals surface area contributed by atoms with Crippen LogP contribution in [0.3, 0.4) is 0 Å². The monoisotopic (exact) mass is 461 g/mol. The number of rotatable bonds is 7. The maximum absolute atomic E-state index is 13.3. The first kappa shape index (κ1) is 22.1. The Morgan fingerprint density at radius 3 is 2.06 bits per heavy atom. The number of carbonyl (C=O) groups excluding carboxylic acids is 2. The minimum absolute atomic E-state index is 0.0764. The van der Waals surface area contributed by atoms with Crippen molar-refractivity contribution >= 4 is 23.3 Å². The predicted octanol–water partition coefficient (Wildman–Crippen LogP) is 4.54. The van der Waals surface area contributed by atoms with Gasteiger partial charge in [-0.3, -0.25) is 9.59 Å². The van der Waals surface area contributed by atoms with Gasteiger partial charge in [-0.15, -0.1) is 0 Å². The lowest BCUT2D eigenvalue weighted by molar-refractivity contribution is 0.100. The molecule has 2 N–H and O–H groups in total. The number of halogens is 1. The fraction of sp³-hybridized carbons (Fsp3) is 0.0800. The van der Waals surface area contributed by atoms with Crippen molar-refractivity contribution in [2.24, 2.45) is 5.73 Å². The van der Waals surface area contributed by atoms with Crippen LogP contribution in [0.25, 0.3) is 16.9 Å². The number of benzene rings is 3. The Morgan fingerprint density at radius 1 is 0.879 bits per heavy atom. The van der Waals surface area contributed by atoms with Gasteiger partial charge in [0.25, 0.3) is 0 Å². The summed E-state index contributed by atoms with van der Waals surface area (Å²) in [6.07, 6.45) is 0. The Morgan fingerprint density at radius 2 is 1.48 bits per heavy atom. The molecule has 4 rings (SSSR count). The van der Waals surface area contributed by atoms with E-state index in [1.165, 1.54) is 18.2 Å². The van der Waals surface area contributed by atoms with Crippen LogP contribution in [0, 0.1) is 0 Å². The van der Waals surface area contributed by atoms with Crippen molar-refractivity contribution in [3.8, 4) is 28.4 Å². The predicted molar refractivity (Wildman–Crippen MR) is 126 cm³/mol. The molecule has 1 amide bonds. The summed E-state index contributed by atoms with van der Waals surface area (Å²) < 4.78 is 12.2. The molecule has 0 fully saturated rings. The van der Waals surface area contributed by atoms with Crippen molar-refractivity contribution in [1.82, 2.24) is 9.78 Å². The second kappa shape index (κ2) is 9.18. The number of methoxy groups -OCH3 is 2. The van der Waals surface area contributed by atoms with Gasteiger partial charge >= 0.3 is 0 Å². The summed E-state index contributed by atoms with van der Waals surface area (Å²) in [6, 6.07) is 20.9. The number of ketones is 1. The molecule has 8 heteroatoms. The number of amides is 1. The zero-order valence-electron chi connectivity index (χ0n) is 17.9. The van der Waals surface area contributed by atoms with E-state index >= 15 is 0 Å². The number of hydrogen-bond acceptors (Lipinski definition) is 5. The number of ether oxygens (including phenoxy) is 2. The molecule has 7 nitrogen and oxygen atoms in total. The van der Waals surface area contributed by atoms with Crippen molar-refractivity contribution in [3.63, 3.8) is 0 Å². The number of hydrogen-bond donors (Lipinski definition) is 1. The Hall–Kier alpha value is -4.10. The normalized spacial score (nSPS) is 10.6. The van der Waals surface area contributed by atoms with Crippen molar-refractivity contribution < 1.29 is 19.1 Å². The second-order valence-corrected chi connectivity index (χ2v) is 7.55. The molecule has 0 aliphatic carbocycles. The van der Waals surface area contributed by atoms with Gasteiger partial charge in [0.1, 0.15) is 17.2 Å². The van der Waals surface area contributed by atoms with E-state index in [1.807, 2.05) is 48.5 Å². The second-order valence-electron chi connectivity index (χ2n) is 7.14. The van der Waals surface area contributed by atoms with Gasteiger partial charge in [0.15, 0.2) is 0 Å². The molecule has 0 aliphatic heterocycles. The molecule has 0 radical (unpaired) electrons. The Bertz CT molecular complexity index is 1260. The van der Waals surface area contributed by atoms with Crippen molar-refractivity contribution in [2.45, 2.75) is 0 Å². The SMILES string of the molecule is COc1ccc(-c2cc(C(=O)c3ccc(Cl)c(C(N)=O)c3)nn2-c2ccc(OC)cc2)cc1. The minimum Gasteiger partial charge on any atom is -0.497 e. The molecule has 0 saturated heterocycles. The lowest BCUT2D eigenvalue weighted by Crippen LogP contribution is -2.13. The van der Waals surface area contributed by atoms with Gasteiger partial charge in [0.05, 0.1) is 36.2 Å². The third-order valence-electron chi connectivity index (χ3n) is 5.14. The molecule has 0 unspecified atom stereocenters. The van der Waals surface area contributed by atoms with Crippen LogP contribution in [0.15, 0.2) is 72.8 Å². The highest BCUT2D eigenvalue weighted by molar-refractivity contribution is 6.34. The van der Waals surface area contributed by atoms with Crippen LogP contribution >= 0.6 is 11.6 Å². The molecule has 1 aromatic heterocycles. The van der Waals surface area contributed by atoms with Gasteiger partial charge in [-0.1, -0.05) is 11.6 Å². The molecule has 3 aromatic carbocycles. The largest absolute Gasteiger partial charge is 0.497 e. The zero-order valence-corrected chi connectivity index (χ0v) is 18.7. The maximum Gasteiger partial charge on any atom is 0.250 e. The molecule has 0 aliphatic rings. The van der Waals surface area contributed by atoms with Crippen LogP contribution in [0.1, 0.15) is 26.4 Å². The first-order valence-corrected chi connectivity index (χ1v) is 10.3. The van der Waals surface area contributed by atoms with E-state index in [-0.39, 0.29) is 27.6 Å². The summed E-state index contributed by atoms with van der Waals surface area (Å²) in [5.74, 6) is 0.340. The molecule has 0 atom stereocenters. The summed E-state index contributed by atoms with van der Waals surface area (Å²) in [7, 11) is 3.19. The average Bonchev–Trinajstić information content (AvgIpc) is 3.29. The van der Waals surface area contributed by atoms with E-state index in [0.29, 0.717) is 17.2 Å². The lowest BCUT2D eigenvalue weighted by atomic mass is 10.0. The molecule has 1 heterocycles. The highest BCUT2D eigenvalue weighted by Gasteiger charge is 2.20. The molecular formula is C25H20ClN3O4. The van der Waals surface area contributed by atoms with Crippen LogP contribution < -0.4 is 15.2 Å². The summed E-state index contributed by atoms with van der Waals surface area (Å²) in [6.45, 7) is 0. The highest BCUT2D eigenvalue weighted by atomic mass is 35.5. The fourth-order valence-electron chi connectivity index (χ4n) is 3.38. The smallest absolute Gasteiger partial charge is 0.250 e. The number of nitrogens with zero attached hydrogens (tertiary/aromatic N) is 2. The van der Waals surface area contributed by atoms with Crippen LogP contribution in [-0.4, -0.2) is 35.7 Å². The van der Waals surface area contributed by atoms with Gasteiger partial charge in [-0.25, -0.2) is 4.68 Å². The van der Waals surface area contributed by atoms with Crippen molar-refractivity contribution in [1.29, 1.82) is 0 Å². The zero-order chi connectivity index (χ0) is 23.5. The standard InChI is InChI=1S/C25H20ClN3O4/c1-32-18-8-3-15(4-9-18)23-14-22(28-29(23)17-6-10-19(33-2)11-7-17)24(30)16-5-12-21(26)20(13-16)25(27)31/h3-14H,1-2H3,(H2,27,31). The van der Waals surface area contributed by atoms with Gasteiger partial charge in [-0.05, 0) is 72.8 Å². The molecule has 166 valence electrons. The molecular weight excluding hydrogens is 442 g/mol. The lowest BCUT2D eigenvalue weighted by Gasteiger charge is -2.09. The molecule has 4 aromatic rings. The van der Waals surface area contributed by atoms with E-state index in [4.69, 9.17) is 26.8 Å². The molecule has 33 heavy (non-hydrogen) atoms. The number of nitrogens with two attached hydrogens (primary N) is 1. The molecule has 0 spiro atoms. The van der Waals surface area contributed by atoms with E-state index in [9.17, 15) is 9.59 Å². The average molecular weight is 462 g/mol. The summed E-state index contributed by atoms with van der Waals surface area (Å²) >= 11 is 6.03. The third-order valence-corrected chi connectivity index (χ3v) is 5.47. The minimum atomic E-state index is -0.711. The Balaban J connectivity index is 1.82. The van der Waals surface area contributed by atoms with Crippen molar-refractivity contribution in [2.75, 3.05) is 14.2 Å². The van der Waals surface area contributed by atoms with E-state index < -0.39 is 5.91 Å². The summed E-state index contributed by atoms with van der Waals surface area (Å²) in [4.78, 5) is 24.9. The van der Waals surface area contributed by atoms with Gasteiger partial charge in [0, 0.05) is 11.1 Å². The van der Waals surface area contributed by atoms with E-state index in [0.717, 1.165) is 11.3 Å². The Kier molecular flexibility index (Phi) is 6.15. The van der Waals surface area contributed by atoms with Crippen LogP contribution in [0.4, 0.5) is 0 Å². The van der Waals surface area contributed by atoms with Crippen LogP contribution in [0.2, 0.25) is 5.02 Å². The van der Waals surface area contributed by atoms with Crippen molar-refractivity contribution in [3.05, 3.63) is 94.6 Å². The Labute approximate surface area is 195 Å². The quantitative estimate of drug-likeness (QED) is 0.407. The van der Waals surface area contributed by atoms with Gasteiger partial charge in [0.2, 0.25) is 11.7 Å². The first-order chi connectivity index (χ1) is 15.9. The highest BCUT2D eigenvalue weighted by Crippen LogP contribution is 2.28. The summed E-state index contributed by atoms with van der Waals surface area (Å²) in [5, 5.41) is 4.76. The van der Waals surface area contributed by atoms with Crippen LogP contribution in [0.5, 0.6) is 11.5 Å². The third kappa shape index (κ3) is 4.44. The fourth-order valence-corrected chi connectivity index (χ4v) is 3.59. The van der Waals surface area contributed by atoms with Crippen LogP contribution in [-0.2, 0) is 0 Å². The maximum atomic E-state index is 13.3. The van der Waals surface area contributed by atoms with Gasteiger partial charge < -0.3 is 15.2 Å². The summed E-state index contributed by atoms with van der Waals surface area (Å²) in [5.41, 5.74) is 8.20. The van der Waals surface area contributed by atoms with E-state index in [1.54, 1.807) is 25.0 Å². The number of carbonyl (C=O) groups is 2. The first-order valence-electron chi connectivity index (χ1n) is 9.94. The van der Waals surface area contributed by atoms with E-state index in [2.05, 4.69) is 5.10 Å². The topological polar surface area (TPSA) is 96.4 Å². The molecule has 0 saturated carbocycles. The number of primary amides is 1.